The molecule has 34 heavy (non-hydrogen) atoms. The van der Waals surface area contributed by atoms with Crippen LogP contribution in [0.25, 0.3) is 0 Å². The topological polar surface area (TPSA) is 108 Å². The second-order valence-corrected chi connectivity index (χ2v) is 7.54. The smallest absolute Gasteiger partial charge is 0.346 e. The number of ether oxygens (including phenoxy) is 3. The van der Waals surface area contributed by atoms with Crippen LogP contribution in [0.5, 0.6) is 11.5 Å². The number of rotatable bonds is 6. The Morgan fingerprint density at radius 3 is 1.91 bits per heavy atom. The number of hydrogen-bond donors (Lipinski definition) is 1. The highest BCUT2D eigenvalue weighted by Crippen LogP contribution is 2.30. The lowest BCUT2D eigenvalue weighted by atomic mass is 9.84. The maximum absolute atomic E-state index is 12.9. The van der Waals surface area contributed by atoms with E-state index in [0.717, 1.165) is 0 Å². The van der Waals surface area contributed by atoms with Crippen molar-refractivity contribution in [3.05, 3.63) is 88.5 Å². The molecule has 1 atom stereocenters. The van der Waals surface area contributed by atoms with Crippen LogP contribution >= 0.6 is 0 Å². The van der Waals surface area contributed by atoms with Gasteiger partial charge in [-0.3, -0.25) is 14.4 Å². The van der Waals surface area contributed by atoms with Gasteiger partial charge in [-0.05, 0) is 37.3 Å². The van der Waals surface area contributed by atoms with E-state index in [1.165, 1.54) is 39.3 Å². The van der Waals surface area contributed by atoms with Crippen molar-refractivity contribution in [2.24, 2.45) is 0 Å². The third-order valence-corrected chi connectivity index (χ3v) is 5.48. The van der Waals surface area contributed by atoms with Crippen LogP contribution in [0.1, 0.15) is 49.1 Å². The van der Waals surface area contributed by atoms with Gasteiger partial charge >= 0.3 is 5.97 Å². The minimum absolute atomic E-state index is 0.0590. The van der Waals surface area contributed by atoms with Crippen LogP contribution in [-0.2, 0) is 9.53 Å². The number of amides is 1. The van der Waals surface area contributed by atoms with Crippen LogP contribution in [0.15, 0.2) is 60.7 Å². The van der Waals surface area contributed by atoms with Crippen molar-refractivity contribution >= 4 is 29.1 Å². The van der Waals surface area contributed by atoms with Gasteiger partial charge in [0.1, 0.15) is 17.1 Å². The normalized spacial score (nSPS) is 12.8. The zero-order chi connectivity index (χ0) is 24.4. The predicted octanol–water partition coefficient (Wildman–Crippen LogP) is 3.66. The van der Waals surface area contributed by atoms with Crippen LogP contribution in [0.3, 0.4) is 0 Å². The number of ketones is 2. The monoisotopic (exact) mass is 459 g/mol. The molecule has 1 amide bonds. The number of carbonyl (C=O) groups excluding carboxylic acids is 4. The summed E-state index contributed by atoms with van der Waals surface area (Å²) in [6, 6.07) is 15.9. The molecule has 0 aromatic heterocycles. The largest absolute Gasteiger partial charge is 0.496 e. The minimum atomic E-state index is -1.17. The minimum Gasteiger partial charge on any atom is -0.496 e. The molecule has 1 N–H and O–H groups in total. The number of nitrogens with one attached hydrogen (secondary N) is 1. The fraction of sp³-hybridized carbons (Fsp3) is 0.154. The third kappa shape index (κ3) is 4.01. The summed E-state index contributed by atoms with van der Waals surface area (Å²) in [7, 11) is 2.81. The van der Waals surface area contributed by atoms with Crippen molar-refractivity contribution < 1.29 is 33.4 Å². The van der Waals surface area contributed by atoms with E-state index in [1.807, 2.05) is 0 Å². The van der Waals surface area contributed by atoms with Crippen molar-refractivity contribution in [2.75, 3.05) is 19.5 Å². The van der Waals surface area contributed by atoms with Crippen LogP contribution in [0.4, 0.5) is 5.69 Å². The van der Waals surface area contributed by atoms with E-state index in [2.05, 4.69) is 5.32 Å². The summed E-state index contributed by atoms with van der Waals surface area (Å²) < 4.78 is 15.7. The summed E-state index contributed by atoms with van der Waals surface area (Å²) in [5.74, 6) is -1.47. The highest BCUT2D eigenvalue weighted by Gasteiger charge is 2.30. The number of carbonyl (C=O) groups is 4. The summed E-state index contributed by atoms with van der Waals surface area (Å²) in [5, 5.41) is 2.62. The molecule has 3 aromatic carbocycles. The lowest BCUT2D eigenvalue weighted by Crippen LogP contribution is -2.30. The quantitative estimate of drug-likeness (QED) is 0.438. The van der Waals surface area contributed by atoms with E-state index in [1.54, 1.807) is 42.5 Å². The van der Waals surface area contributed by atoms with Gasteiger partial charge in [0.25, 0.3) is 5.91 Å². The van der Waals surface area contributed by atoms with Gasteiger partial charge in [0, 0.05) is 27.9 Å². The third-order valence-electron chi connectivity index (χ3n) is 5.48. The number of anilines is 1. The maximum Gasteiger partial charge on any atom is 0.346 e. The molecular weight excluding hydrogens is 438 g/mol. The van der Waals surface area contributed by atoms with Crippen LogP contribution < -0.4 is 14.8 Å². The lowest BCUT2D eigenvalue weighted by Gasteiger charge is -2.19. The molecule has 8 nitrogen and oxygen atoms in total. The average molecular weight is 459 g/mol. The number of hydrogen-bond acceptors (Lipinski definition) is 7. The summed E-state index contributed by atoms with van der Waals surface area (Å²) in [5.41, 5.74) is 1.49. The number of benzene rings is 3. The molecule has 0 aliphatic heterocycles. The van der Waals surface area contributed by atoms with E-state index >= 15 is 0 Å². The van der Waals surface area contributed by atoms with E-state index in [0.29, 0.717) is 16.8 Å². The molecular formula is C26H21NO7. The molecule has 3 aromatic rings. The first-order valence-corrected chi connectivity index (χ1v) is 10.4. The fourth-order valence-electron chi connectivity index (χ4n) is 3.75. The molecule has 0 saturated carbocycles. The molecule has 4 rings (SSSR count). The lowest BCUT2D eigenvalue weighted by molar-refractivity contribution is -0.123. The molecule has 1 unspecified atom stereocenters. The SMILES string of the molecule is COc1cccc(OC)c1C(=O)OC(C)C(=O)Nc1ccc2c(c1)C(=O)c1ccccc1C2=O. The maximum atomic E-state index is 12.9. The van der Waals surface area contributed by atoms with Crippen molar-refractivity contribution in [2.45, 2.75) is 13.0 Å². The van der Waals surface area contributed by atoms with Gasteiger partial charge in [0.2, 0.25) is 0 Å². The van der Waals surface area contributed by atoms with Gasteiger partial charge in [-0.2, -0.15) is 0 Å². The Balaban J connectivity index is 1.51. The van der Waals surface area contributed by atoms with E-state index in [9.17, 15) is 19.2 Å². The van der Waals surface area contributed by atoms with Crippen molar-refractivity contribution in [3.63, 3.8) is 0 Å². The van der Waals surface area contributed by atoms with Crippen LogP contribution in [0, 0.1) is 0 Å². The van der Waals surface area contributed by atoms with Crippen LogP contribution in [0.2, 0.25) is 0 Å². The fourth-order valence-corrected chi connectivity index (χ4v) is 3.75. The van der Waals surface area contributed by atoms with E-state index in [-0.39, 0.29) is 39.8 Å². The summed E-state index contributed by atoms with van der Waals surface area (Å²) in [6.07, 6.45) is -1.17. The molecule has 8 heteroatoms. The van der Waals surface area contributed by atoms with Gasteiger partial charge in [-0.1, -0.05) is 30.3 Å². The second-order valence-electron chi connectivity index (χ2n) is 7.54. The van der Waals surface area contributed by atoms with Gasteiger partial charge in [0.15, 0.2) is 17.7 Å². The molecule has 0 bridgehead atoms. The molecule has 1 aliphatic carbocycles. The number of esters is 1. The Labute approximate surface area is 195 Å². The van der Waals surface area contributed by atoms with Gasteiger partial charge in [0.05, 0.1) is 14.2 Å². The number of fused-ring (bicyclic) bond motifs is 2. The molecule has 172 valence electrons. The standard InChI is InChI=1S/C26H21NO7/c1-14(34-26(31)22-20(32-2)9-6-10-21(22)33-3)25(30)27-15-11-12-18-19(13-15)24(29)17-8-5-4-7-16(17)23(18)28/h4-14H,1-3H3,(H,27,30). The molecule has 0 saturated heterocycles. The summed E-state index contributed by atoms with van der Waals surface area (Å²) >= 11 is 0. The second kappa shape index (κ2) is 9.19. The highest BCUT2D eigenvalue weighted by atomic mass is 16.6. The first-order chi connectivity index (χ1) is 16.3. The van der Waals surface area contributed by atoms with Crippen molar-refractivity contribution in [1.29, 1.82) is 0 Å². The van der Waals surface area contributed by atoms with E-state index < -0.39 is 18.0 Å². The molecule has 0 radical (unpaired) electrons. The highest BCUT2D eigenvalue weighted by molar-refractivity contribution is 6.28. The summed E-state index contributed by atoms with van der Waals surface area (Å²) in [4.78, 5) is 51.0. The Morgan fingerprint density at radius 1 is 0.765 bits per heavy atom. The number of methoxy groups -OCH3 is 2. The summed E-state index contributed by atoms with van der Waals surface area (Å²) in [6.45, 7) is 1.42. The van der Waals surface area contributed by atoms with Gasteiger partial charge in [-0.25, -0.2) is 4.79 Å². The van der Waals surface area contributed by atoms with Crippen molar-refractivity contribution in [1.82, 2.24) is 0 Å². The van der Waals surface area contributed by atoms with E-state index in [4.69, 9.17) is 14.2 Å². The average Bonchev–Trinajstić information content (AvgIpc) is 2.86. The van der Waals surface area contributed by atoms with Gasteiger partial charge < -0.3 is 19.5 Å². The molecule has 0 heterocycles. The van der Waals surface area contributed by atoms with Gasteiger partial charge in [-0.15, -0.1) is 0 Å². The van der Waals surface area contributed by atoms with Crippen LogP contribution in [-0.4, -0.2) is 43.8 Å². The Hall–Kier alpha value is -4.46. The zero-order valence-corrected chi connectivity index (χ0v) is 18.7. The molecule has 0 fully saturated rings. The Morgan fingerprint density at radius 2 is 1.32 bits per heavy atom. The Kier molecular flexibility index (Phi) is 6.14. The molecule has 1 aliphatic rings. The Bertz CT molecular complexity index is 1310. The zero-order valence-electron chi connectivity index (χ0n) is 18.7. The van der Waals surface area contributed by atoms with Crippen molar-refractivity contribution in [3.8, 4) is 11.5 Å². The molecule has 0 spiro atoms. The first-order valence-electron chi connectivity index (χ1n) is 10.4. The first kappa shape index (κ1) is 22.7. The predicted molar refractivity (Wildman–Crippen MR) is 123 cm³/mol.